The lowest BCUT2D eigenvalue weighted by Gasteiger charge is -2.12. The van der Waals surface area contributed by atoms with E-state index in [1.807, 2.05) is 0 Å². The maximum Gasteiger partial charge on any atom is 0.240 e. The summed E-state index contributed by atoms with van der Waals surface area (Å²) in [4.78, 5) is 0.125. The smallest absolute Gasteiger partial charge is 0.240 e. The lowest BCUT2D eigenvalue weighted by molar-refractivity contribution is 0.192. The summed E-state index contributed by atoms with van der Waals surface area (Å²) < 4.78 is 36.8. The monoisotopic (exact) mass is 291 g/mol. The Morgan fingerprint density at radius 1 is 1.50 bits per heavy atom. The number of sulfonamides is 1. The molecule has 0 aliphatic carbocycles. The summed E-state index contributed by atoms with van der Waals surface area (Å²) in [5, 5.41) is 0.267. The lowest BCUT2D eigenvalue weighted by atomic mass is 10.3. The molecule has 0 aromatic heterocycles. The third-order valence-corrected chi connectivity index (χ3v) is 4.50. The Kier molecular flexibility index (Phi) is 4.11. The molecule has 0 amide bonds. The van der Waals surface area contributed by atoms with Crippen molar-refractivity contribution in [1.82, 2.24) is 4.72 Å². The molecule has 1 atom stereocenters. The maximum atomic E-state index is 12.1. The molecule has 1 fully saturated rings. The first-order valence-electron chi connectivity index (χ1n) is 5.46. The molecule has 0 saturated carbocycles. The Morgan fingerprint density at radius 3 is 2.83 bits per heavy atom. The molecule has 1 aromatic carbocycles. The molecule has 7 heteroatoms. The van der Waals surface area contributed by atoms with Gasteiger partial charge in [-0.3, -0.25) is 0 Å². The molecule has 1 heterocycles. The van der Waals surface area contributed by atoms with E-state index in [1.165, 1.54) is 25.3 Å². The fourth-order valence-corrected chi connectivity index (χ4v) is 3.33. The van der Waals surface area contributed by atoms with E-state index in [0.29, 0.717) is 25.4 Å². The standard InChI is InChI=1S/C11H14ClNO4S/c1-16-11-3-2-9(6-10(11)12)18(14,15)13-8-4-5-17-7-8/h2-3,6,8,13H,4-5,7H2,1H3. The van der Waals surface area contributed by atoms with Gasteiger partial charge in [-0.1, -0.05) is 11.6 Å². The summed E-state index contributed by atoms with van der Waals surface area (Å²) in [7, 11) is -2.09. The van der Waals surface area contributed by atoms with E-state index < -0.39 is 10.0 Å². The molecule has 1 aliphatic heterocycles. The van der Waals surface area contributed by atoms with Crippen molar-refractivity contribution in [1.29, 1.82) is 0 Å². The van der Waals surface area contributed by atoms with Crippen LogP contribution in [-0.2, 0) is 14.8 Å². The Labute approximate surface area is 111 Å². The molecule has 1 N–H and O–H groups in total. The average molecular weight is 292 g/mol. The Balaban J connectivity index is 2.21. The highest BCUT2D eigenvalue weighted by Crippen LogP contribution is 2.27. The maximum absolute atomic E-state index is 12.1. The van der Waals surface area contributed by atoms with Crippen LogP contribution in [0, 0.1) is 0 Å². The molecule has 0 spiro atoms. The summed E-state index contributed by atoms with van der Waals surface area (Å²) in [6, 6.07) is 4.19. The average Bonchev–Trinajstić information content (AvgIpc) is 2.81. The third kappa shape index (κ3) is 2.95. The van der Waals surface area contributed by atoms with Crippen molar-refractivity contribution in [3.05, 3.63) is 23.2 Å². The minimum atomic E-state index is -3.56. The number of rotatable bonds is 4. The van der Waals surface area contributed by atoms with Crippen molar-refractivity contribution < 1.29 is 17.9 Å². The van der Waals surface area contributed by atoms with Gasteiger partial charge >= 0.3 is 0 Å². The van der Waals surface area contributed by atoms with Gasteiger partial charge in [-0.05, 0) is 24.6 Å². The Hall–Kier alpha value is -0.820. The first kappa shape index (κ1) is 13.6. The first-order chi connectivity index (χ1) is 8.53. The third-order valence-electron chi connectivity index (χ3n) is 2.69. The summed E-state index contributed by atoms with van der Waals surface area (Å²) in [5.41, 5.74) is 0. The predicted octanol–water partition coefficient (Wildman–Crippen LogP) is 1.42. The number of methoxy groups -OCH3 is 1. The van der Waals surface area contributed by atoms with E-state index in [4.69, 9.17) is 21.1 Å². The Bertz CT molecular complexity index is 526. The van der Waals surface area contributed by atoms with Crippen LogP contribution in [0.3, 0.4) is 0 Å². The highest BCUT2D eigenvalue weighted by Gasteiger charge is 2.23. The van der Waals surface area contributed by atoms with Crippen molar-refractivity contribution >= 4 is 21.6 Å². The molecule has 0 bridgehead atoms. The fraction of sp³-hybridized carbons (Fsp3) is 0.455. The van der Waals surface area contributed by atoms with Crippen molar-refractivity contribution in [3.63, 3.8) is 0 Å². The van der Waals surface area contributed by atoms with E-state index in [-0.39, 0.29) is 16.0 Å². The van der Waals surface area contributed by atoms with Gasteiger partial charge < -0.3 is 9.47 Å². The van der Waals surface area contributed by atoms with Crippen LogP contribution in [-0.4, -0.2) is 34.8 Å². The number of hydrogen-bond acceptors (Lipinski definition) is 4. The zero-order chi connectivity index (χ0) is 13.2. The molecule has 100 valence electrons. The fourth-order valence-electron chi connectivity index (χ4n) is 1.73. The van der Waals surface area contributed by atoms with Crippen LogP contribution < -0.4 is 9.46 Å². The van der Waals surface area contributed by atoms with Crippen LogP contribution >= 0.6 is 11.6 Å². The van der Waals surface area contributed by atoms with E-state index in [0.717, 1.165) is 0 Å². The molecule has 5 nitrogen and oxygen atoms in total. The summed E-state index contributed by atoms with van der Waals surface area (Å²) in [6.07, 6.45) is 0.684. The van der Waals surface area contributed by atoms with Gasteiger partial charge in [-0.15, -0.1) is 0 Å². The largest absolute Gasteiger partial charge is 0.495 e. The summed E-state index contributed by atoms with van der Waals surface area (Å²) in [5.74, 6) is 0.444. The molecule has 18 heavy (non-hydrogen) atoms. The van der Waals surface area contributed by atoms with Gasteiger partial charge in [0.1, 0.15) is 5.75 Å². The molecule has 1 aliphatic rings. The van der Waals surface area contributed by atoms with Gasteiger partial charge in [0.25, 0.3) is 0 Å². The second kappa shape index (κ2) is 5.44. The number of benzene rings is 1. The molecule has 2 rings (SSSR count). The zero-order valence-corrected chi connectivity index (χ0v) is 11.4. The summed E-state index contributed by atoms with van der Waals surface area (Å²) in [6.45, 7) is 0.986. The molecule has 1 aromatic rings. The number of nitrogens with one attached hydrogen (secondary N) is 1. The van der Waals surface area contributed by atoms with Crippen molar-refractivity contribution in [3.8, 4) is 5.75 Å². The minimum absolute atomic E-state index is 0.125. The van der Waals surface area contributed by atoms with Crippen molar-refractivity contribution in [2.24, 2.45) is 0 Å². The normalized spacial score (nSPS) is 20.0. The van der Waals surface area contributed by atoms with Gasteiger partial charge in [0.15, 0.2) is 0 Å². The highest BCUT2D eigenvalue weighted by atomic mass is 35.5. The quantitative estimate of drug-likeness (QED) is 0.911. The first-order valence-corrected chi connectivity index (χ1v) is 7.32. The lowest BCUT2D eigenvalue weighted by Crippen LogP contribution is -2.34. The van der Waals surface area contributed by atoms with Crippen molar-refractivity contribution in [2.75, 3.05) is 20.3 Å². The van der Waals surface area contributed by atoms with Gasteiger partial charge in [0, 0.05) is 12.6 Å². The van der Waals surface area contributed by atoms with Crippen LogP contribution in [0.15, 0.2) is 23.1 Å². The predicted molar refractivity (Wildman–Crippen MR) is 67.5 cm³/mol. The van der Waals surface area contributed by atoms with E-state index in [1.54, 1.807) is 0 Å². The summed E-state index contributed by atoms with van der Waals surface area (Å²) >= 11 is 5.91. The van der Waals surface area contributed by atoms with Gasteiger partial charge in [-0.25, -0.2) is 13.1 Å². The van der Waals surface area contributed by atoms with Crippen LogP contribution in [0.5, 0.6) is 5.75 Å². The van der Waals surface area contributed by atoms with Gasteiger partial charge in [0.2, 0.25) is 10.0 Å². The molecule has 0 radical (unpaired) electrons. The van der Waals surface area contributed by atoms with Crippen LogP contribution in [0.2, 0.25) is 5.02 Å². The molecular formula is C11H14ClNO4S. The number of halogens is 1. The van der Waals surface area contributed by atoms with E-state index >= 15 is 0 Å². The topological polar surface area (TPSA) is 64.6 Å². The number of ether oxygens (including phenoxy) is 2. The van der Waals surface area contributed by atoms with Crippen LogP contribution in [0.25, 0.3) is 0 Å². The molecule has 1 unspecified atom stereocenters. The van der Waals surface area contributed by atoms with Crippen LogP contribution in [0.1, 0.15) is 6.42 Å². The minimum Gasteiger partial charge on any atom is -0.495 e. The van der Waals surface area contributed by atoms with Crippen molar-refractivity contribution in [2.45, 2.75) is 17.4 Å². The molecule has 1 saturated heterocycles. The second-order valence-electron chi connectivity index (χ2n) is 3.98. The Morgan fingerprint density at radius 2 is 2.28 bits per heavy atom. The van der Waals surface area contributed by atoms with Crippen LogP contribution in [0.4, 0.5) is 0 Å². The zero-order valence-electron chi connectivity index (χ0n) is 9.85. The molecular weight excluding hydrogens is 278 g/mol. The highest BCUT2D eigenvalue weighted by molar-refractivity contribution is 7.89. The van der Waals surface area contributed by atoms with Gasteiger partial charge in [0.05, 0.1) is 23.6 Å². The number of hydrogen-bond donors (Lipinski definition) is 1. The van der Waals surface area contributed by atoms with E-state index in [9.17, 15) is 8.42 Å². The second-order valence-corrected chi connectivity index (χ2v) is 6.10. The SMILES string of the molecule is COc1ccc(S(=O)(=O)NC2CCOC2)cc1Cl. The van der Waals surface area contributed by atoms with E-state index in [2.05, 4.69) is 4.72 Å². The van der Waals surface area contributed by atoms with Gasteiger partial charge in [-0.2, -0.15) is 0 Å².